The number of nitrogens with zero attached hydrogens (tertiary/aromatic N) is 5. The maximum Gasteiger partial charge on any atom is 0.322 e. The van der Waals surface area contributed by atoms with E-state index in [1.807, 2.05) is 45.2 Å². The van der Waals surface area contributed by atoms with Crippen LogP contribution in [-0.2, 0) is 29.0 Å². The minimum Gasteiger partial charge on any atom is -0.397 e. The van der Waals surface area contributed by atoms with E-state index in [0.717, 1.165) is 88.2 Å². The molecule has 4 amide bonds. The van der Waals surface area contributed by atoms with E-state index in [2.05, 4.69) is 22.2 Å². The van der Waals surface area contributed by atoms with E-state index in [4.69, 9.17) is 17.3 Å². The molecule has 4 aliphatic rings. The number of hydrogen-bond acceptors (Lipinski definition) is 7. The highest BCUT2D eigenvalue weighted by Gasteiger charge is 2.36. The quantitative estimate of drug-likeness (QED) is 0.405. The fraction of sp³-hybridized carbons (Fsp3) is 0.618. The van der Waals surface area contributed by atoms with Crippen LogP contribution in [0.25, 0.3) is 0 Å². The van der Waals surface area contributed by atoms with Crippen molar-refractivity contribution < 1.29 is 14.4 Å². The summed E-state index contributed by atoms with van der Waals surface area (Å²) in [7, 11) is 2.17. The monoisotopic (exact) mass is 669 g/mol. The van der Waals surface area contributed by atoms with Gasteiger partial charge in [-0.05, 0) is 74.2 Å². The molecule has 3 fully saturated rings. The summed E-state index contributed by atoms with van der Waals surface area (Å²) in [4.78, 5) is 52.7. The highest BCUT2D eigenvalue weighted by molar-refractivity contribution is 7.10. The van der Waals surface area contributed by atoms with E-state index in [1.54, 1.807) is 11.3 Å². The topological polar surface area (TPSA) is 105 Å². The number of amides is 4. The fourth-order valence-electron chi connectivity index (χ4n) is 7.63. The molecule has 1 aromatic heterocycles. The van der Waals surface area contributed by atoms with Crippen molar-refractivity contribution in [3.63, 3.8) is 0 Å². The predicted octanol–water partition coefficient (Wildman–Crippen LogP) is 4.37. The number of benzene rings is 1. The number of nitrogen functional groups attached to an aromatic ring is 1. The average Bonchev–Trinajstić information content (AvgIpc) is 3.53. The van der Waals surface area contributed by atoms with Gasteiger partial charge in [-0.1, -0.05) is 24.6 Å². The Morgan fingerprint density at radius 3 is 2.37 bits per heavy atom. The summed E-state index contributed by atoms with van der Waals surface area (Å²) in [5.74, 6) is -0.409. The molecule has 10 nitrogen and oxygen atoms in total. The maximum atomic E-state index is 14.2. The number of urea groups is 1. The van der Waals surface area contributed by atoms with Crippen LogP contribution < -0.4 is 11.1 Å². The number of piperidine rings is 2. The van der Waals surface area contributed by atoms with Crippen molar-refractivity contribution in [1.82, 2.24) is 24.5 Å². The first-order valence-corrected chi connectivity index (χ1v) is 18.2. The zero-order chi connectivity index (χ0) is 32.4. The summed E-state index contributed by atoms with van der Waals surface area (Å²) in [6.07, 6.45) is 4.74. The lowest BCUT2D eigenvalue weighted by Crippen LogP contribution is -2.54. The first-order valence-electron chi connectivity index (χ1n) is 16.9. The number of carbonyl (C=O) groups is 3. The molecule has 5 heterocycles. The van der Waals surface area contributed by atoms with Crippen molar-refractivity contribution in [1.29, 1.82) is 0 Å². The first kappa shape index (κ1) is 33.1. The number of anilines is 2. The molecule has 0 radical (unpaired) electrons. The van der Waals surface area contributed by atoms with Gasteiger partial charge < -0.3 is 30.7 Å². The van der Waals surface area contributed by atoms with Crippen molar-refractivity contribution in [2.75, 3.05) is 70.5 Å². The molecular weight excluding hydrogens is 622 g/mol. The molecule has 0 spiro atoms. The van der Waals surface area contributed by atoms with Crippen molar-refractivity contribution in [3.05, 3.63) is 44.6 Å². The summed E-state index contributed by atoms with van der Waals surface area (Å²) in [5, 5.41) is 5.51. The summed E-state index contributed by atoms with van der Waals surface area (Å²) in [6.45, 7) is 9.59. The Bertz CT molecular complexity index is 1410. The van der Waals surface area contributed by atoms with Gasteiger partial charge in [0.25, 0.3) is 0 Å². The highest BCUT2D eigenvalue weighted by atomic mass is 35.5. The van der Waals surface area contributed by atoms with Gasteiger partial charge in [-0.15, -0.1) is 11.3 Å². The molecule has 3 N–H and O–H groups in total. The van der Waals surface area contributed by atoms with Crippen LogP contribution in [0, 0.1) is 5.92 Å². The molecule has 0 saturated carbocycles. The molecule has 4 aliphatic heterocycles. The summed E-state index contributed by atoms with van der Waals surface area (Å²) in [6, 6.07) is 6.38. The third-order valence-electron chi connectivity index (χ3n) is 10.6. The van der Waals surface area contributed by atoms with Crippen molar-refractivity contribution >= 4 is 52.2 Å². The number of fused-ring (bicyclic) bond motifs is 1. The highest BCUT2D eigenvalue weighted by Crippen LogP contribution is 2.32. The van der Waals surface area contributed by atoms with Crippen LogP contribution in [-0.4, -0.2) is 114 Å². The number of likely N-dealkylation sites (tertiary alicyclic amines) is 2. The minimum absolute atomic E-state index is 0.00465. The van der Waals surface area contributed by atoms with E-state index in [9.17, 15) is 14.4 Å². The molecular formula is C34H48ClN7O3S. The van der Waals surface area contributed by atoms with E-state index in [1.165, 1.54) is 4.88 Å². The van der Waals surface area contributed by atoms with Crippen molar-refractivity contribution in [3.8, 4) is 0 Å². The number of rotatable bonds is 8. The minimum atomic E-state index is -0.472. The second-order valence-electron chi connectivity index (χ2n) is 13.4. The molecule has 1 aromatic carbocycles. The number of halogens is 1. The molecule has 0 unspecified atom stereocenters. The number of nitrogens with two attached hydrogens (primary N) is 1. The van der Waals surface area contributed by atoms with Crippen molar-refractivity contribution in [2.45, 2.75) is 70.5 Å². The molecule has 46 heavy (non-hydrogen) atoms. The molecule has 0 bridgehead atoms. The van der Waals surface area contributed by atoms with Crippen LogP contribution in [0.15, 0.2) is 23.6 Å². The van der Waals surface area contributed by atoms with Crippen molar-refractivity contribution in [2.24, 2.45) is 5.92 Å². The SMILES string of the molecule is CCc1cc(C[C@@H](CC(=O)N2CCC(N3Cc4sccc4NC3=O)CC2)C(=O)N2CCC(N3CCN(C)CC3)CC2)cc(Cl)c1N. The second kappa shape index (κ2) is 14.5. The van der Waals surface area contributed by atoms with E-state index in [0.29, 0.717) is 42.8 Å². The Morgan fingerprint density at radius 2 is 1.67 bits per heavy atom. The molecule has 250 valence electrons. The van der Waals surface area contributed by atoms with Gasteiger partial charge >= 0.3 is 6.03 Å². The zero-order valence-corrected chi connectivity index (χ0v) is 28.8. The van der Waals surface area contributed by atoms with Crippen LogP contribution in [0.5, 0.6) is 0 Å². The van der Waals surface area contributed by atoms with Gasteiger partial charge in [0.2, 0.25) is 11.8 Å². The lowest BCUT2D eigenvalue weighted by molar-refractivity contribution is -0.143. The van der Waals surface area contributed by atoms with Gasteiger partial charge in [0.15, 0.2) is 0 Å². The zero-order valence-electron chi connectivity index (χ0n) is 27.2. The van der Waals surface area contributed by atoms with Crippen LogP contribution in [0.1, 0.15) is 55.0 Å². The Morgan fingerprint density at radius 1 is 1.00 bits per heavy atom. The van der Waals surface area contributed by atoms with Gasteiger partial charge in [-0.2, -0.15) is 0 Å². The average molecular weight is 670 g/mol. The molecule has 1 atom stereocenters. The van der Waals surface area contributed by atoms with Gasteiger partial charge in [0, 0.05) is 75.7 Å². The van der Waals surface area contributed by atoms with Crippen LogP contribution in [0.2, 0.25) is 5.02 Å². The number of nitrogens with one attached hydrogen (secondary N) is 1. The maximum absolute atomic E-state index is 14.2. The fourth-order valence-corrected chi connectivity index (χ4v) is 8.71. The summed E-state index contributed by atoms with van der Waals surface area (Å²) < 4.78 is 0. The van der Waals surface area contributed by atoms with Crippen LogP contribution >= 0.6 is 22.9 Å². The summed E-state index contributed by atoms with van der Waals surface area (Å²) in [5.41, 5.74) is 9.62. The van der Waals surface area contributed by atoms with Gasteiger partial charge in [0.1, 0.15) is 0 Å². The number of hydrogen-bond donors (Lipinski definition) is 2. The molecule has 12 heteroatoms. The van der Waals surface area contributed by atoms with Gasteiger partial charge in [0.05, 0.1) is 28.9 Å². The largest absolute Gasteiger partial charge is 0.397 e. The smallest absolute Gasteiger partial charge is 0.322 e. The Kier molecular flexibility index (Phi) is 10.4. The molecule has 0 aliphatic carbocycles. The van der Waals surface area contributed by atoms with Gasteiger partial charge in [-0.25, -0.2) is 4.79 Å². The van der Waals surface area contributed by atoms with E-state index >= 15 is 0 Å². The lowest BCUT2D eigenvalue weighted by Gasteiger charge is -2.42. The Balaban J connectivity index is 1.10. The number of thiophene rings is 1. The Labute approximate surface area is 281 Å². The Hall–Kier alpha value is -2.86. The third-order valence-corrected chi connectivity index (χ3v) is 11.8. The van der Waals surface area contributed by atoms with Crippen LogP contribution in [0.4, 0.5) is 16.2 Å². The second-order valence-corrected chi connectivity index (χ2v) is 14.8. The lowest BCUT2D eigenvalue weighted by atomic mass is 9.91. The molecule has 2 aromatic rings. The molecule has 6 rings (SSSR count). The number of likely N-dealkylation sites (N-methyl/N-ethyl adjacent to an activating group) is 1. The molecule has 3 saturated heterocycles. The third kappa shape index (κ3) is 7.32. The van der Waals surface area contributed by atoms with Crippen LogP contribution in [0.3, 0.4) is 0 Å². The number of carbonyl (C=O) groups excluding carboxylic acids is 3. The van der Waals surface area contributed by atoms with E-state index < -0.39 is 5.92 Å². The standard InChI is InChI=1S/C34H48ClN7O3S/c1-3-24-18-23(20-28(35)32(24)36)19-25(33(44)41-11-4-26(5-12-41)39-15-13-38(2)14-16-39)21-31(43)40-9-6-27(7-10-40)42-22-30-29(8-17-46-30)37-34(42)45/h8,17-18,20,25-27H,3-7,9-16,19,21-22,36H2,1-2H3,(H,37,45)/t25-/m0/s1. The van der Waals surface area contributed by atoms with E-state index in [-0.39, 0.29) is 30.3 Å². The number of aryl methyl sites for hydroxylation is 1. The normalized spacial score (nSPS) is 21.3. The van der Waals surface area contributed by atoms with Gasteiger partial charge in [-0.3, -0.25) is 14.5 Å². The first-order chi connectivity index (χ1) is 22.2. The number of piperazine rings is 1. The predicted molar refractivity (Wildman–Crippen MR) is 184 cm³/mol. The summed E-state index contributed by atoms with van der Waals surface area (Å²) >= 11 is 8.17.